The Labute approximate surface area is 339 Å². The zero-order chi connectivity index (χ0) is 41.0. The maximum atomic E-state index is 14.2. The summed E-state index contributed by atoms with van der Waals surface area (Å²) in [4.78, 5) is 26.8. The van der Waals surface area contributed by atoms with E-state index in [9.17, 15) is 15.0 Å². The van der Waals surface area contributed by atoms with Crippen molar-refractivity contribution in [2.75, 3.05) is 33.0 Å². The van der Waals surface area contributed by atoms with E-state index in [1.54, 1.807) is 17.1 Å². The smallest absolute Gasteiger partial charge is 0.410 e. The van der Waals surface area contributed by atoms with Crippen LogP contribution in [0.15, 0.2) is 78.5 Å². The number of carbonyl (C=O) groups excluding carboxylic acids is 1. The first-order chi connectivity index (χ1) is 27.5. The molecule has 2 N–H and O–H groups in total. The second-order valence-corrected chi connectivity index (χ2v) is 16.4. The van der Waals surface area contributed by atoms with E-state index < -0.39 is 29.4 Å². The molecule has 2 aliphatic carbocycles. The third-order valence-electron chi connectivity index (χ3n) is 11.0. The van der Waals surface area contributed by atoms with Crippen molar-refractivity contribution in [1.82, 2.24) is 9.88 Å². The number of hydrogen-bond acceptors (Lipinski definition) is 10. The van der Waals surface area contributed by atoms with Crippen LogP contribution in [0.4, 0.5) is 4.79 Å². The summed E-state index contributed by atoms with van der Waals surface area (Å²) in [6.45, 7) is 19.1. The molecule has 0 saturated heterocycles. The lowest BCUT2D eigenvalue weighted by Crippen LogP contribution is -2.70. The molecule has 6 unspecified atom stereocenters. The molecule has 57 heavy (non-hydrogen) atoms. The fraction of sp³-hybridized carbons (Fsp3) is 0.587. The molecular weight excluding hydrogens is 723 g/mol. The van der Waals surface area contributed by atoms with Crippen molar-refractivity contribution in [1.29, 1.82) is 0 Å². The first-order valence-corrected chi connectivity index (χ1v) is 20.9. The predicted molar refractivity (Wildman–Crippen MR) is 222 cm³/mol. The lowest BCUT2D eigenvalue weighted by atomic mass is 9.55. The van der Waals surface area contributed by atoms with E-state index in [2.05, 4.69) is 30.3 Å². The van der Waals surface area contributed by atoms with Gasteiger partial charge in [0, 0.05) is 43.4 Å². The fourth-order valence-electron chi connectivity index (χ4n) is 8.70. The molecule has 1 amide bonds. The Morgan fingerprint density at radius 3 is 2.54 bits per heavy atom. The number of rotatable bonds is 21. The first kappa shape index (κ1) is 43.9. The maximum absolute atomic E-state index is 14.2. The van der Waals surface area contributed by atoms with Gasteiger partial charge in [0.05, 0.1) is 30.5 Å². The summed E-state index contributed by atoms with van der Waals surface area (Å²) in [5, 5.41) is 24.7. The topological polar surface area (TPSA) is 132 Å². The van der Waals surface area contributed by atoms with Gasteiger partial charge in [-0.2, -0.15) is 0 Å². The molecule has 11 heteroatoms. The second kappa shape index (κ2) is 20.5. The SMILES string of the molecule is C=CCCOC(=O)N(CCC)C1CC(=NOC(C)(C)C)C2=CC(CCCCO)C(CCCCO)C3c4cc(OCc5cccc(C)n5)ccc4OC1(OCC=C)C23. The average molecular weight is 788 g/mol. The Morgan fingerprint density at radius 1 is 1.09 bits per heavy atom. The molecule has 0 bridgehead atoms. The van der Waals surface area contributed by atoms with Gasteiger partial charge < -0.3 is 34.0 Å². The van der Waals surface area contributed by atoms with Gasteiger partial charge in [-0.05, 0) is 114 Å². The molecule has 1 fully saturated rings. The Balaban J connectivity index is 1.75. The van der Waals surface area contributed by atoms with Gasteiger partial charge in [-0.25, -0.2) is 4.79 Å². The Bertz CT molecular complexity index is 1720. The predicted octanol–water partition coefficient (Wildman–Crippen LogP) is 8.83. The van der Waals surface area contributed by atoms with Gasteiger partial charge in [-0.15, -0.1) is 13.2 Å². The molecule has 312 valence electrons. The molecule has 1 aliphatic heterocycles. The zero-order valence-corrected chi connectivity index (χ0v) is 34.8. The molecule has 2 heterocycles. The van der Waals surface area contributed by atoms with Crippen molar-refractivity contribution in [3.8, 4) is 11.5 Å². The molecule has 0 spiro atoms. The molecule has 3 aliphatic rings. The van der Waals surface area contributed by atoms with Crippen molar-refractivity contribution in [2.24, 2.45) is 22.9 Å². The number of amides is 1. The summed E-state index contributed by atoms with van der Waals surface area (Å²) >= 11 is 0. The first-order valence-electron chi connectivity index (χ1n) is 20.9. The number of aromatic nitrogens is 1. The number of nitrogens with zero attached hydrogens (tertiary/aromatic N) is 3. The van der Waals surface area contributed by atoms with E-state index in [0.717, 1.165) is 53.9 Å². The van der Waals surface area contributed by atoms with Gasteiger partial charge in [-0.3, -0.25) is 9.88 Å². The van der Waals surface area contributed by atoms with Crippen LogP contribution in [0, 0.1) is 24.7 Å². The highest BCUT2D eigenvalue weighted by Gasteiger charge is 2.65. The van der Waals surface area contributed by atoms with Crippen molar-refractivity contribution in [2.45, 2.75) is 122 Å². The molecule has 1 aromatic carbocycles. The number of unbranched alkanes of at least 4 members (excludes halogenated alkanes) is 2. The Morgan fingerprint density at radius 2 is 1.86 bits per heavy atom. The number of pyridine rings is 1. The van der Waals surface area contributed by atoms with Gasteiger partial charge in [0.1, 0.15) is 29.7 Å². The molecule has 1 saturated carbocycles. The number of ether oxygens (including phenoxy) is 4. The van der Waals surface area contributed by atoms with E-state index in [-0.39, 0.29) is 44.2 Å². The number of aliphatic hydroxyl groups excluding tert-OH is 2. The summed E-state index contributed by atoms with van der Waals surface area (Å²) in [6.07, 6.45) is 11.6. The number of aryl methyl sites for hydroxylation is 1. The minimum atomic E-state index is -1.36. The summed E-state index contributed by atoms with van der Waals surface area (Å²) in [5.41, 5.74) is 3.90. The number of fused-ring (bicyclic) bond motifs is 2. The van der Waals surface area contributed by atoms with Gasteiger partial charge in [0.25, 0.3) is 0 Å². The van der Waals surface area contributed by atoms with E-state index in [1.807, 2.05) is 65.0 Å². The maximum Gasteiger partial charge on any atom is 0.410 e. The standard InChI is InChI=1S/C46H65N3O8/c1-8-11-27-53-44(52)49(23-9-2)41-30-39(48-57-45(5,6)7)37-28-33(18-12-14-24-50)36(20-13-15-25-51)42-38-29-35(54-31-34-19-16-17-32(4)47-34)21-22-40(38)56-46(41,43(37)42)55-26-10-3/h8,10,16-17,19,21-22,28-29,33,36,41-43,50-51H,1,3,9,11-15,18,20,23-27,30-31H2,2,4-7H3. The number of benzene rings is 1. The summed E-state index contributed by atoms with van der Waals surface area (Å²) < 4.78 is 26.6. The highest BCUT2D eigenvalue weighted by atomic mass is 16.7. The van der Waals surface area contributed by atoms with Crippen LogP contribution in [-0.2, 0) is 20.9 Å². The van der Waals surface area contributed by atoms with Crippen LogP contribution >= 0.6 is 0 Å². The molecule has 6 atom stereocenters. The van der Waals surface area contributed by atoms with Crippen LogP contribution < -0.4 is 9.47 Å². The Hall–Kier alpha value is -4.19. The zero-order valence-electron chi connectivity index (χ0n) is 34.8. The number of hydrogen-bond donors (Lipinski definition) is 2. The van der Waals surface area contributed by atoms with E-state index >= 15 is 0 Å². The van der Waals surface area contributed by atoms with E-state index in [4.69, 9.17) is 28.9 Å². The number of oxime groups is 1. The monoisotopic (exact) mass is 787 g/mol. The van der Waals surface area contributed by atoms with Gasteiger partial charge in [-0.1, -0.05) is 49.2 Å². The molecule has 5 rings (SSSR count). The van der Waals surface area contributed by atoms with E-state index in [0.29, 0.717) is 56.8 Å². The number of aliphatic hydroxyl groups is 2. The van der Waals surface area contributed by atoms with Crippen LogP contribution in [0.5, 0.6) is 11.5 Å². The van der Waals surface area contributed by atoms with Crippen LogP contribution in [0.2, 0.25) is 0 Å². The van der Waals surface area contributed by atoms with Gasteiger partial charge in [0.15, 0.2) is 0 Å². The van der Waals surface area contributed by atoms with Crippen molar-refractivity contribution < 1.29 is 38.8 Å². The minimum Gasteiger partial charge on any atom is -0.487 e. The number of allylic oxidation sites excluding steroid dienone is 1. The van der Waals surface area contributed by atoms with Crippen molar-refractivity contribution in [3.63, 3.8) is 0 Å². The molecule has 2 aromatic rings. The van der Waals surface area contributed by atoms with Crippen LogP contribution in [0.1, 0.15) is 108 Å². The van der Waals surface area contributed by atoms with E-state index in [1.165, 1.54) is 0 Å². The normalized spacial score (nSPS) is 24.4. The van der Waals surface area contributed by atoms with Crippen molar-refractivity contribution >= 4 is 11.8 Å². The quantitative estimate of drug-likeness (QED) is 0.0724. The summed E-state index contributed by atoms with van der Waals surface area (Å²) in [6, 6.07) is 11.2. The highest BCUT2D eigenvalue weighted by molar-refractivity contribution is 6.03. The molecular formula is C46H65N3O8. The second-order valence-electron chi connectivity index (χ2n) is 16.4. The lowest BCUT2D eigenvalue weighted by molar-refractivity contribution is -0.255. The highest BCUT2D eigenvalue weighted by Crippen LogP contribution is 2.62. The summed E-state index contributed by atoms with van der Waals surface area (Å²) in [5.74, 6) is -0.385. The van der Waals surface area contributed by atoms with Gasteiger partial charge in [0.2, 0.25) is 5.79 Å². The Kier molecular flexibility index (Phi) is 15.8. The van der Waals surface area contributed by atoms with Gasteiger partial charge >= 0.3 is 6.09 Å². The minimum absolute atomic E-state index is 0.0924. The van der Waals surface area contributed by atoms with Crippen LogP contribution in [0.25, 0.3) is 0 Å². The van der Waals surface area contributed by atoms with Crippen LogP contribution in [0.3, 0.4) is 0 Å². The average Bonchev–Trinajstić information content (AvgIpc) is 3.18. The third-order valence-corrected chi connectivity index (χ3v) is 11.0. The third kappa shape index (κ3) is 10.7. The fourth-order valence-corrected chi connectivity index (χ4v) is 8.70. The van der Waals surface area contributed by atoms with Crippen molar-refractivity contribution in [3.05, 3.63) is 90.3 Å². The number of carbonyl (C=O) groups is 1. The molecule has 0 radical (unpaired) electrons. The summed E-state index contributed by atoms with van der Waals surface area (Å²) in [7, 11) is 0. The molecule has 11 nitrogen and oxygen atoms in total. The largest absolute Gasteiger partial charge is 0.487 e. The van der Waals surface area contributed by atoms with Crippen LogP contribution in [-0.4, -0.2) is 82.3 Å². The molecule has 1 aromatic heterocycles. The lowest BCUT2D eigenvalue weighted by Gasteiger charge is -2.60.